The highest BCUT2D eigenvalue weighted by Gasteiger charge is 1.94. The van der Waals surface area contributed by atoms with E-state index in [1.54, 1.807) is 0 Å². The minimum absolute atomic E-state index is 0.0671. The summed E-state index contributed by atoms with van der Waals surface area (Å²) in [6, 6.07) is 0. The van der Waals surface area contributed by atoms with Gasteiger partial charge in [-0.05, 0) is 42.2 Å². The molecule has 0 aliphatic rings. The maximum atomic E-state index is 8.42. The SMILES string of the molecule is CCCCCCCC/C=C\CCCCCCCCOOOOCCO. The standard InChI is InChI=1S/C20H40O5/c1-2-3-4-5-6-7-8-9-10-11-12-13-14-15-16-17-19-22-24-25-23-20-18-21/h9-10,21H,2-8,11-20H2,1H3/b10-9-. The van der Waals surface area contributed by atoms with Crippen LogP contribution in [0.1, 0.15) is 96.8 Å². The van der Waals surface area contributed by atoms with Crippen LogP contribution >= 0.6 is 0 Å². The number of allylic oxidation sites excluding steroid dienone is 2. The first-order valence-corrected chi connectivity index (χ1v) is 10.3. The van der Waals surface area contributed by atoms with Gasteiger partial charge >= 0.3 is 0 Å². The summed E-state index contributed by atoms with van der Waals surface area (Å²) in [4.78, 5) is 9.17. The molecule has 5 nitrogen and oxygen atoms in total. The van der Waals surface area contributed by atoms with Crippen LogP contribution in [0, 0.1) is 0 Å². The summed E-state index contributed by atoms with van der Waals surface area (Å²) in [5, 5.41) is 17.0. The predicted octanol–water partition coefficient (Wildman–Crippen LogP) is 5.83. The molecule has 150 valence electrons. The largest absolute Gasteiger partial charge is 0.394 e. The maximum absolute atomic E-state index is 8.42. The van der Waals surface area contributed by atoms with Gasteiger partial charge in [0.25, 0.3) is 0 Å². The van der Waals surface area contributed by atoms with Crippen LogP contribution in [0.15, 0.2) is 12.2 Å². The molecular weight excluding hydrogens is 320 g/mol. The molecule has 0 spiro atoms. The van der Waals surface area contributed by atoms with Gasteiger partial charge < -0.3 is 5.11 Å². The minimum atomic E-state index is -0.113. The number of hydrogen-bond acceptors (Lipinski definition) is 5. The van der Waals surface area contributed by atoms with Crippen molar-refractivity contribution in [3.8, 4) is 0 Å². The number of aliphatic hydroxyl groups excluding tert-OH is 1. The molecule has 0 aliphatic heterocycles. The van der Waals surface area contributed by atoms with E-state index in [-0.39, 0.29) is 13.2 Å². The molecule has 0 aromatic carbocycles. The molecule has 5 heteroatoms. The number of rotatable bonds is 21. The fourth-order valence-corrected chi connectivity index (χ4v) is 2.55. The minimum Gasteiger partial charge on any atom is -0.394 e. The topological polar surface area (TPSA) is 57.2 Å². The average molecular weight is 361 g/mol. The third-order valence-corrected chi connectivity index (χ3v) is 4.04. The van der Waals surface area contributed by atoms with Gasteiger partial charge in [0.2, 0.25) is 0 Å². The first-order chi connectivity index (χ1) is 12.4. The third-order valence-electron chi connectivity index (χ3n) is 4.04. The zero-order chi connectivity index (χ0) is 18.3. The fraction of sp³-hybridized carbons (Fsp3) is 0.900. The molecule has 0 fully saturated rings. The molecular formula is C20H40O5. The molecule has 0 heterocycles. The van der Waals surface area contributed by atoms with Gasteiger partial charge in [0.1, 0.15) is 6.61 Å². The van der Waals surface area contributed by atoms with E-state index in [4.69, 9.17) is 9.99 Å². The van der Waals surface area contributed by atoms with Crippen molar-refractivity contribution in [3.05, 3.63) is 12.2 Å². The Hall–Kier alpha value is -0.460. The van der Waals surface area contributed by atoms with Crippen LogP contribution in [0.3, 0.4) is 0 Å². The summed E-state index contributed by atoms with van der Waals surface area (Å²) in [5.41, 5.74) is 0. The van der Waals surface area contributed by atoms with Gasteiger partial charge in [-0.2, -0.15) is 0 Å². The van der Waals surface area contributed by atoms with E-state index in [1.807, 2.05) is 0 Å². The summed E-state index contributed by atoms with van der Waals surface area (Å²) < 4.78 is 0. The molecule has 0 radical (unpaired) electrons. The molecule has 0 aromatic rings. The normalized spacial score (nSPS) is 11.6. The van der Waals surface area contributed by atoms with Crippen molar-refractivity contribution in [1.29, 1.82) is 0 Å². The van der Waals surface area contributed by atoms with Crippen molar-refractivity contribution < 1.29 is 25.0 Å². The van der Waals surface area contributed by atoms with E-state index in [1.165, 1.54) is 77.0 Å². The summed E-state index contributed by atoms with van der Waals surface area (Å²) in [6.45, 7) is 2.71. The lowest BCUT2D eigenvalue weighted by molar-refractivity contribution is -0.634. The first kappa shape index (κ1) is 24.5. The Labute approximate surface area is 154 Å². The molecule has 0 rings (SSSR count). The van der Waals surface area contributed by atoms with Crippen molar-refractivity contribution in [2.45, 2.75) is 96.8 Å². The van der Waals surface area contributed by atoms with Crippen LogP contribution < -0.4 is 0 Å². The number of aliphatic hydroxyl groups is 1. The molecule has 0 bridgehead atoms. The van der Waals surface area contributed by atoms with Gasteiger partial charge in [0.05, 0.1) is 13.2 Å². The highest BCUT2D eigenvalue weighted by molar-refractivity contribution is 4.81. The lowest BCUT2D eigenvalue weighted by Crippen LogP contribution is -2.03. The second kappa shape index (κ2) is 23.5. The molecule has 0 atom stereocenters. The fourth-order valence-electron chi connectivity index (χ4n) is 2.55. The smallest absolute Gasteiger partial charge is 0.109 e. The average Bonchev–Trinajstić information content (AvgIpc) is 2.63. The lowest BCUT2D eigenvalue weighted by Gasteiger charge is -2.02. The van der Waals surface area contributed by atoms with E-state index in [9.17, 15) is 0 Å². The van der Waals surface area contributed by atoms with E-state index in [0.717, 1.165) is 12.8 Å². The Balaban J connectivity index is 3.03. The van der Waals surface area contributed by atoms with Crippen LogP contribution in [0.4, 0.5) is 0 Å². The van der Waals surface area contributed by atoms with Gasteiger partial charge in [-0.3, -0.25) is 0 Å². The molecule has 1 N–H and O–H groups in total. The van der Waals surface area contributed by atoms with Crippen molar-refractivity contribution >= 4 is 0 Å². The van der Waals surface area contributed by atoms with Gasteiger partial charge in [-0.1, -0.05) is 76.9 Å². The summed E-state index contributed by atoms with van der Waals surface area (Å²) in [6.07, 6.45) is 22.7. The van der Waals surface area contributed by atoms with E-state index < -0.39 is 0 Å². The molecule has 0 amide bonds. The number of unbranched alkanes of at least 4 members (excludes halogenated alkanes) is 12. The van der Waals surface area contributed by atoms with Crippen molar-refractivity contribution in [2.75, 3.05) is 19.8 Å². The zero-order valence-corrected chi connectivity index (χ0v) is 16.3. The quantitative estimate of drug-likeness (QED) is 0.121. The van der Waals surface area contributed by atoms with Crippen LogP contribution in [0.25, 0.3) is 0 Å². The lowest BCUT2D eigenvalue weighted by atomic mass is 10.1. The van der Waals surface area contributed by atoms with Crippen molar-refractivity contribution in [1.82, 2.24) is 0 Å². The highest BCUT2D eigenvalue weighted by Crippen LogP contribution is 2.10. The van der Waals surface area contributed by atoms with Crippen molar-refractivity contribution in [2.24, 2.45) is 0 Å². The first-order valence-electron chi connectivity index (χ1n) is 10.3. The zero-order valence-electron chi connectivity index (χ0n) is 16.3. The molecule has 0 unspecified atom stereocenters. The predicted molar refractivity (Wildman–Crippen MR) is 101 cm³/mol. The maximum Gasteiger partial charge on any atom is 0.109 e. The second-order valence-corrected chi connectivity index (χ2v) is 6.44. The summed E-state index contributed by atoms with van der Waals surface area (Å²) >= 11 is 0. The molecule has 0 aliphatic carbocycles. The third kappa shape index (κ3) is 23.5. The molecule has 0 saturated carbocycles. The summed E-state index contributed by atoms with van der Waals surface area (Å²) in [7, 11) is 0. The Morgan fingerprint density at radius 2 is 1.08 bits per heavy atom. The van der Waals surface area contributed by atoms with E-state index >= 15 is 0 Å². The van der Waals surface area contributed by atoms with Crippen molar-refractivity contribution in [3.63, 3.8) is 0 Å². The van der Waals surface area contributed by atoms with Crippen LogP contribution in [0.2, 0.25) is 0 Å². The van der Waals surface area contributed by atoms with Gasteiger partial charge in [-0.25, -0.2) is 9.78 Å². The molecule has 25 heavy (non-hydrogen) atoms. The van der Waals surface area contributed by atoms with Crippen LogP contribution in [0.5, 0.6) is 0 Å². The van der Waals surface area contributed by atoms with Crippen LogP contribution in [-0.4, -0.2) is 24.9 Å². The van der Waals surface area contributed by atoms with Gasteiger partial charge in [-0.15, -0.1) is 0 Å². The van der Waals surface area contributed by atoms with E-state index in [2.05, 4.69) is 34.0 Å². The Morgan fingerprint density at radius 3 is 1.64 bits per heavy atom. The molecule has 0 saturated heterocycles. The second-order valence-electron chi connectivity index (χ2n) is 6.44. The summed E-state index contributed by atoms with van der Waals surface area (Å²) in [5.74, 6) is 0. The van der Waals surface area contributed by atoms with E-state index in [0.29, 0.717) is 6.61 Å². The number of hydrogen-bond donors (Lipinski definition) is 1. The van der Waals surface area contributed by atoms with Gasteiger partial charge in [0.15, 0.2) is 0 Å². The molecule has 0 aromatic heterocycles. The Bertz CT molecular complexity index is 258. The Kier molecular flexibility index (Phi) is 23.1. The highest BCUT2D eigenvalue weighted by atomic mass is 17.7. The van der Waals surface area contributed by atoms with Crippen LogP contribution in [-0.2, 0) is 19.9 Å². The van der Waals surface area contributed by atoms with Gasteiger partial charge in [0, 0.05) is 0 Å². The Morgan fingerprint density at radius 1 is 0.600 bits per heavy atom. The monoisotopic (exact) mass is 360 g/mol.